The Morgan fingerprint density at radius 3 is 2.59 bits per heavy atom. The minimum atomic E-state index is -0.566. The number of phenolic OH excluding ortho intramolecular Hbond substituents is 1. The maximum absolute atomic E-state index is 12.7. The highest BCUT2D eigenvalue weighted by molar-refractivity contribution is 6.45. The molecule has 1 aromatic carbocycles. The number of amides is 1. The van der Waals surface area contributed by atoms with E-state index in [1.165, 1.54) is 6.07 Å². The Labute approximate surface area is 171 Å². The zero-order chi connectivity index (χ0) is 19.6. The molecule has 0 saturated carbocycles. The van der Waals surface area contributed by atoms with E-state index >= 15 is 0 Å². The van der Waals surface area contributed by atoms with Crippen LogP contribution in [0.15, 0.2) is 22.6 Å². The molecule has 1 fully saturated rings. The van der Waals surface area contributed by atoms with Crippen LogP contribution < -0.4 is 5.32 Å². The van der Waals surface area contributed by atoms with Crippen molar-refractivity contribution in [3.8, 4) is 5.75 Å². The summed E-state index contributed by atoms with van der Waals surface area (Å²) in [5, 5.41) is 12.9. The number of hydrogen-bond donors (Lipinski definition) is 2. The van der Waals surface area contributed by atoms with Crippen molar-refractivity contribution in [1.82, 2.24) is 10.2 Å². The van der Waals surface area contributed by atoms with E-state index in [0.29, 0.717) is 13.2 Å². The number of halogens is 3. The van der Waals surface area contributed by atoms with Crippen molar-refractivity contribution in [2.24, 2.45) is 0 Å². The number of aromatic hydroxyl groups is 1. The summed E-state index contributed by atoms with van der Waals surface area (Å²) < 4.78 is 11.2. The van der Waals surface area contributed by atoms with Crippen LogP contribution in [0.3, 0.4) is 0 Å². The molecule has 2 heterocycles. The molecule has 1 atom stereocenters. The normalized spacial score (nSPS) is 16.3. The van der Waals surface area contributed by atoms with E-state index in [-0.39, 0.29) is 33.2 Å². The molecule has 3 rings (SSSR count). The second kappa shape index (κ2) is 8.71. The van der Waals surface area contributed by atoms with E-state index < -0.39 is 11.7 Å². The predicted octanol–water partition coefficient (Wildman–Crippen LogP) is 4.06. The van der Waals surface area contributed by atoms with Gasteiger partial charge in [0, 0.05) is 19.6 Å². The quantitative estimate of drug-likeness (QED) is 0.696. The lowest BCUT2D eigenvalue weighted by molar-refractivity contribution is 0.0117. The molecule has 1 amide bonds. The minimum Gasteiger partial charge on any atom is -0.505 e. The van der Waals surface area contributed by atoms with E-state index in [4.69, 9.17) is 44.0 Å². The van der Waals surface area contributed by atoms with Gasteiger partial charge in [0.05, 0.1) is 34.3 Å². The number of nitrogens with zero attached hydrogens (tertiary/aromatic N) is 1. The van der Waals surface area contributed by atoms with Gasteiger partial charge in [0.15, 0.2) is 0 Å². The fourth-order valence-corrected chi connectivity index (χ4v) is 3.69. The van der Waals surface area contributed by atoms with Crippen molar-refractivity contribution in [2.75, 3.05) is 32.8 Å². The highest BCUT2D eigenvalue weighted by Crippen LogP contribution is 2.38. The molecule has 2 aromatic rings. The van der Waals surface area contributed by atoms with Crippen LogP contribution in [-0.4, -0.2) is 48.8 Å². The van der Waals surface area contributed by atoms with Crippen molar-refractivity contribution in [1.29, 1.82) is 0 Å². The lowest BCUT2D eigenvalue weighted by Crippen LogP contribution is -2.43. The minimum absolute atomic E-state index is 0.0408. The lowest BCUT2D eigenvalue weighted by atomic mass is 10.1. The Morgan fingerprint density at radius 1 is 1.26 bits per heavy atom. The summed E-state index contributed by atoms with van der Waals surface area (Å²) in [6, 6.07) is 4.88. The van der Waals surface area contributed by atoms with E-state index in [9.17, 15) is 9.90 Å². The summed E-state index contributed by atoms with van der Waals surface area (Å²) in [5.74, 6) is 0.565. The third-order valence-electron chi connectivity index (χ3n) is 4.40. The highest BCUT2D eigenvalue weighted by Gasteiger charge is 2.27. The fourth-order valence-electron chi connectivity index (χ4n) is 3.00. The molecule has 0 aliphatic carbocycles. The van der Waals surface area contributed by atoms with Gasteiger partial charge in [-0.2, -0.15) is 0 Å². The van der Waals surface area contributed by atoms with E-state index in [1.54, 1.807) is 0 Å². The van der Waals surface area contributed by atoms with Crippen LogP contribution in [0.2, 0.25) is 15.1 Å². The lowest BCUT2D eigenvalue weighted by Gasteiger charge is -2.33. The molecule has 1 saturated heterocycles. The second-order valence-corrected chi connectivity index (χ2v) is 7.39. The molecule has 6 nitrogen and oxygen atoms in total. The van der Waals surface area contributed by atoms with Crippen LogP contribution >= 0.6 is 34.8 Å². The fraction of sp³-hybridized carbons (Fsp3) is 0.389. The number of nitrogens with one attached hydrogen (secondary N) is 1. The molecular formula is C18H19Cl3N2O4. The maximum atomic E-state index is 12.7. The summed E-state index contributed by atoms with van der Waals surface area (Å²) >= 11 is 18.0. The van der Waals surface area contributed by atoms with E-state index in [0.717, 1.165) is 24.6 Å². The molecule has 27 heavy (non-hydrogen) atoms. The molecule has 1 unspecified atom stereocenters. The van der Waals surface area contributed by atoms with Crippen molar-refractivity contribution in [3.63, 3.8) is 0 Å². The zero-order valence-corrected chi connectivity index (χ0v) is 16.9. The third kappa shape index (κ3) is 4.52. The number of hydrogen-bond acceptors (Lipinski definition) is 5. The van der Waals surface area contributed by atoms with Crippen LogP contribution in [0, 0.1) is 6.92 Å². The topological polar surface area (TPSA) is 74.9 Å². The van der Waals surface area contributed by atoms with Gasteiger partial charge in [0.25, 0.3) is 5.91 Å². The smallest absolute Gasteiger partial charge is 0.256 e. The molecular weight excluding hydrogens is 415 g/mol. The first-order valence-corrected chi connectivity index (χ1v) is 9.54. The number of carbonyl (C=O) groups excluding carboxylic acids is 1. The molecule has 1 aliphatic rings. The first-order chi connectivity index (χ1) is 12.9. The van der Waals surface area contributed by atoms with Gasteiger partial charge in [-0.3, -0.25) is 9.69 Å². The van der Waals surface area contributed by atoms with Gasteiger partial charge in [-0.15, -0.1) is 0 Å². The Bertz CT molecular complexity index is 808. The van der Waals surface area contributed by atoms with Gasteiger partial charge in [-0.25, -0.2) is 0 Å². The number of benzene rings is 1. The van der Waals surface area contributed by atoms with Gasteiger partial charge in [0.2, 0.25) is 0 Å². The molecule has 146 valence electrons. The van der Waals surface area contributed by atoms with Crippen molar-refractivity contribution >= 4 is 40.7 Å². The van der Waals surface area contributed by atoms with Crippen LogP contribution in [0.25, 0.3) is 0 Å². The zero-order valence-electron chi connectivity index (χ0n) is 14.6. The van der Waals surface area contributed by atoms with Gasteiger partial charge in [0.1, 0.15) is 22.8 Å². The first kappa shape index (κ1) is 20.3. The molecule has 1 aliphatic heterocycles. The molecule has 0 spiro atoms. The summed E-state index contributed by atoms with van der Waals surface area (Å²) in [7, 11) is 0. The number of morpholine rings is 1. The average Bonchev–Trinajstić information content (AvgIpc) is 3.07. The molecule has 0 bridgehead atoms. The predicted molar refractivity (Wildman–Crippen MR) is 104 cm³/mol. The van der Waals surface area contributed by atoms with Gasteiger partial charge >= 0.3 is 0 Å². The summed E-state index contributed by atoms with van der Waals surface area (Å²) in [5.41, 5.74) is -0.148. The average molecular weight is 434 g/mol. The van der Waals surface area contributed by atoms with Gasteiger partial charge in [-0.1, -0.05) is 34.8 Å². The third-order valence-corrected chi connectivity index (χ3v) is 5.48. The molecule has 2 N–H and O–H groups in total. The number of carbonyl (C=O) groups is 1. The van der Waals surface area contributed by atoms with Crippen molar-refractivity contribution in [3.05, 3.63) is 50.4 Å². The number of ether oxygens (including phenoxy) is 1. The first-order valence-electron chi connectivity index (χ1n) is 8.41. The number of furan rings is 1. The Morgan fingerprint density at radius 2 is 1.96 bits per heavy atom. The second-order valence-electron chi connectivity index (χ2n) is 6.20. The van der Waals surface area contributed by atoms with Gasteiger partial charge in [-0.05, 0) is 25.1 Å². The summed E-state index contributed by atoms with van der Waals surface area (Å²) in [4.78, 5) is 14.8. The Kier molecular flexibility index (Phi) is 6.55. The van der Waals surface area contributed by atoms with E-state index in [2.05, 4.69) is 10.2 Å². The standard InChI is InChI=1S/C18H19Cl3N2O4/c1-10-2-3-14(27-10)13(23-4-6-26-7-5-23)9-22-18(25)15-16(21)11(19)8-12(20)17(15)24/h2-3,8,13,24H,4-7,9H2,1H3,(H,22,25). The number of aryl methyl sites for hydroxylation is 1. The Hall–Kier alpha value is -1.44. The Balaban J connectivity index is 1.80. The van der Waals surface area contributed by atoms with Crippen LogP contribution in [0.1, 0.15) is 27.9 Å². The molecule has 9 heteroatoms. The maximum Gasteiger partial charge on any atom is 0.256 e. The summed E-state index contributed by atoms with van der Waals surface area (Å²) in [6.45, 7) is 4.78. The number of phenols is 1. The van der Waals surface area contributed by atoms with E-state index in [1.807, 2.05) is 19.1 Å². The monoisotopic (exact) mass is 432 g/mol. The van der Waals surface area contributed by atoms with Crippen LogP contribution in [0.4, 0.5) is 0 Å². The summed E-state index contributed by atoms with van der Waals surface area (Å²) in [6.07, 6.45) is 0. The van der Waals surface area contributed by atoms with Gasteiger partial charge < -0.3 is 19.6 Å². The van der Waals surface area contributed by atoms with Crippen molar-refractivity contribution in [2.45, 2.75) is 13.0 Å². The highest BCUT2D eigenvalue weighted by atomic mass is 35.5. The van der Waals surface area contributed by atoms with Crippen LogP contribution in [0.5, 0.6) is 5.75 Å². The SMILES string of the molecule is Cc1ccc(C(CNC(=O)c2c(O)c(Cl)cc(Cl)c2Cl)N2CCOCC2)o1. The largest absolute Gasteiger partial charge is 0.505 e. The molecule has 1 aromatic heterocycles. The van der Waals surface area contributed by atoms with Crippen LogP contribution in [-0.2, 0) is 4.74 Å². The molecule has 0 radical (unpaired) electrons. The number of rotatable bonds is 5. The van der Waals surface area contributed by atoms with Crippen molar-refractivity contribution < 1.29 is 19.1 Å².